The number of carboxylic acid groups (broad SMARTS) is 2. The minimum atomic E-state index is -1.34. The second-order valence-corrected chi connectivity index (χ2v) is 6.24. The lowest BCUT2D eigenvalue weighted by molar-refractivity contribution is -0.146. The van der Waals surface area contributed by atoms with Gasteiger partial charge in [-0.2, -0.15) is 0 Å². The minimum absolute atomic E-state index is 0.0385. The summed E-state index contributed by atoms with van der Waals surface area (Å²) in [5.41, 5.74) is -0.721. The van der Waals surface area contributed by atoms with E-state index in [1.54, 1.807) is 18.2 Å². The summed E-state index contributed by atoms with van der Waals surface area (Å²) >= 11 is 9.22. The highest BCUT2D eigenvalue weighted by Crippen LogP contribution is 2.46. The highest BCUT2D eigenvalue weighted by Gasteiger charge is 2.45. The molecule has 0 aliphatic heterocycles. The average Bonchev–Trinajstić information content (AvgIpc) is 2.41. The summed E-state index contributed by atoms with van der Waals surface area (Å²) in [4.78, 5) is 23.1. The molecule has 0 heterocycles. The molecule has 110 valence electrons. The summed E-state index contributed by atoms with van der Waals surface area (Å²) in [5.74, 6) is -3.02. The molecule has 0 spiro atoms. The molecule has 0 radical (unpaired) electrons. The van der Waals surface area contributed by atoms with Crippen LogP contribution in [0.25, 0.3) is 0 Å². The third kappa shape index (κ3) is 2.76. The van der Waals surface area contributed by atoms with Gasteiger partial charge < -0.3 is 10.2 Å². The molecule has 0 saturated heterocycles. The summed E-state index contributed by atoms with van der Waals surface area (Å²) < 4.78 is 0.591. The monoisotopic (exact) mass is 370 g/mol. The van der Waals surface area contributed by atoms with Crippen molar-refractivity contribution in [1.29, 1.82) is 0 Å². The number of rotatable bonds is 3. The number of carbonyl (C=O) groups is 2. The Bertz CT molecular complexity index is 680. The van der Waals surface area contributed by atoms with Crippen molar-refractivity contribution in [2.75, 3.05) is 0 Å². The van der Waals surface area contributed by atoms with Crippen molar-refractivity contribution in [2.24, 2.45) is 5.41 Å². The quantitative estimate of drug-likeness (QED) is 0.846. The molecule has 21 heavy (non-hydrogen) atoms. The van der Waals surface area contributed by atoms with Crippen molar-refractivity contribution >= 4 is 39.5 Å². The van der Waals surface area contributed by atoms with Gasteiger partial charge in [0.1, 0.15) is 0 Å². The molecule has 6 heteroatoms. The molecule has 0 bridgehead atoms. The van der Waals surface area contributed by atoms with E-state index in [9.17, 15) is 19.8 Å². The van der Waals surface area contributed by atoms with Crippen LogP contribution >= 0.6 is 27.5 Å². The van der Waals surface area contributed by atoms with Gasteiger partial charge in [-0.1, -0.05) is 35.9 Å². The van der Waals surface area contributed by atoms with E-state index >= 15 is 0 Å². The standard InChI is InChI=1S/C15H12BrClO4/c1-15(14(20)21)6-2-3-9(13(18)19)12(15)8-4-5-11(17)10(16)7-8/h2-7,12H,1H3,(H,18,19)(H,20,21). The van der Waals surface area contributed by atoms with Gasteiger partial charge in [0, 0.05) is 16.0 Å². The number of benzene rings is 1. The fourth-order valence-electron chi connectivity index (χ4n) is 2.47. The van der Waals surface area contributed by atoms with Crippen LogP contribution in [0.1, 0.15) is 18.4 Å². The van der Waals surface area contributed by atoms with Crippen molar-refractivity contribution in [1.82, 2.24) is 0 Å². The predicted molar refractivity (Wildman–Crippen MR) is 82.5 cm³/mol. The molecule has 2 atom stereocenters. The van der Waals surface area contributed by atoms with Crippen molar-refractivity contribution in [2.45, 2.75) is 12.8 Å². The topological polar surface area (TPSA) is 74.6 Å². The van der Waals surface area contributed by atoms with Crippen LogP contribution in [0.3, 0.4) is 0 Å². The van der Waals surface area contributed by atoms with E-state index in [-0.39, 0.29) is 5.57 Å². The molecule has 2 N–H and O–H groups in total. The SMILES string of the molecule is CC1(C(=O)O)C=CC=C(C(=O)O)C1c1ccc(Cl)c(Br)c1. The number of carboxylic acids is 2. The summed E-state index contributed by atoms with van der Waals surface area (Å²) in [7, 11) is 0. The van der Waals surface area contributed by atoms with Crippen LogP contribution < -0.4 is 0 Å². The molecule has 4 nitrogen and oxygen atoms in total. The van der Waals surface area contributed by atoms with Gasteiger partial charge in [0.25, 0.3) is 0 Å². The lowest BCUT2D eigenvalue weighted by Crippen LogP contribution is -2.36. The largest absolute Gasteiger partial charge is 0.481 e. The molecule has 1 aliphatic carbocycles. The normalized spacial score (nSPS) is 24.5. The zero-order chi connectivity index (χ0) is 15.8. The Balaban J connectivity index is 2.64. The van der Waals surface area contributed by atoms with E-state index in [0.717, 1.165) is 0 Å². The highest BCUT2D eigenvalue weighted by atomic mass is 79.9. The number of aliphatic carboxylic acids is 2. The lowest BCUT2D eigenvalue weighted by atomic mass is 9.67. The first kappa shape index (κ1) is 15.8. The second-order valence-electron chi connectivity index (χ2n) is 4.98. The van der Waals surface area contributed by atoms with Gasteiger partial charge in [-0.3, -0.25) is 4.79 Å². The number of hydrogen-bond donors (Lipinski definition) is 2. The van der Waals surface area contributed by atoms with Gasteiger partial charge in [-0.25, -0.2) is 4.79 Å². The van der Waals surface area contributed by atoms with E-state index in [2.05, 4.69) is 15.9 Å². The van der Waals surface area contributed by atoms with Gasteiger partial charge >= 0.3 is 11.9 Å². The Morgan fingerprint density at radius 2 is 2.00 bits per heavy atom. The summed E-state index contributed by atoms with van der Waals surface area (Å²) in [6.07, 6.45) is 4.41. The van der Waals surface area contributed by atoms with E-state index in [1.165, 1.54) is 25.2 Å². The first-order valence-electron chi connectivity index (χ1n) is 6.08. The van der Waals surface area contributed by atoms with Crippen LogP contribution in [-0.4, -0.2) is 22.2 Å². The molecule has 0 aromatic heterocycles. The second kappa shape index (κ2) is 5.66. The fraction of sp³-hybridized carbons (Fsp3) is 0.200. The molecule has 1 aliphatic rings. The minimum Gasteiger partial charge on any atom is -0.481 e. The highest BCUT2D eigenvalue weighted by molar-refractivity contribution is 9.10. The van der Waals surface area contributed by atoms with Gasteiger partial charge in [0.15, 0.2) is 0 Å². The molecule has 0 amide bonds. The third-order valence-corrected chi connectivity index (χ3v) is 4.83. The van der Waals surface area contributed by atoms with Crippen LogP contribution in [0, 0.1) is 5.41 Å². The van der Waals surface area contributed by atoms with Crippen molar-refractivity contribution in [3.63, 3.8) is 0 Å². The summed E-state index contributed by atoms with van der Waals surface area (Å²) in [6, 6.07) is 4.92. The Labute approximate surface area is 134 Å². The zero-order valence-corrected chi connectivity index (χ0v) is 13.4. The molecule has 1 aromatic rings. The molecular weight excluding hydrogens is 360 g/mol. The van der Waals surface area contributed by atoms with Crippen LogP contribution in [0.2, 0.25) is 5.02 Å². The van der Waals surface area contributed by atoms with Gasteiger partial charge in [0.2, 0.25) is 0 Å². The van der Waals surface area contributed by atoms with Crippen LogP contribution in [0.5, 0.6) is 0 Å². The Hall–Kier alpha value is -1.59. The smallest absolute Gasteiger partial charge is 0.332 e. The predicted octanol–water partition coefficient (Wildman–Crippen LogP) is 3.86. The van der Waals surface area contributed by atoms with Gasteiger partial charge in [-0.15, -0.1) is 0 Å². The number of halogens is 2. The molecule has 2 rings (SSSR count). The van der Waals surface area contributed by atoms with Crippen LogP contribution in [0.15, 0.2) is 46.5 Å². The van der Waals surface area contributed by atoms with Crippen LogP contribution in [-0.2, 0) is 9.59 Å². The number of hydrogen-bond acceptors (Lipinski definition) is 2. The Kier molecular flexibility index (Phi) is 4.25. The summed E-state index contributed by atoms with van der Waals surface area (Å²) in [6.45, 7) is 1.51. The van der Waals surface area contributed by atoms with Crippen molar-refractivity contribution < 1.29 is 19.8 Å². The van der Waals surface area contributed by atoms with Gasteiger partial charge in [0.05, 0.1) is 10.4 Å². The van der Waals surface area contributed by atoms with E-state index in [4.69, 9.17) is 11.6 Å². The van der Waals surface area contributed by atoms with Crippen molar-refractivity contribution in [3.8, 4) is 0 Å². The molecule has 2 unspecified atom stereocenters. The first-order valence-corrected chi connectivity index (χ1v) is 7.25. The van der Waals surface area contributed by atoms with E-state index < -0.39 is 23.3 Å². The van der Waals surface area contributed by atoms with E-state index in [0.29, 0.717) is 15.1 Å². The Morgan fingerprint density at radius 3 is 2.52 bits per heavy atom. The maximum absolute atomic E-state index is 11.7. The van der Waals surface area contributed by atoms with Gasteiger partial charge in [-0.05, 0) is 40.5 Å². The average molecular weight is 372 g/mol. The summed E-state index contributed by atoms with van der Waals surface area (Å²) in [5, 5.41) is 19.4. The molecule has 0 saturated carbocycles. The third-order valence-electron chi connectivity index (χ3n) is 3.61. The maximum atomic E-state index is 11.7. The molecular formula is C15H12BrClO4. The zero-order valence-electron chi connectivity index (χ0n) is 11.0. The molecule has 1 aromatic carbocycles. The lowest BCUT2D eigenvalue weighted by Gasteiger charge is -2.34. The van der Waals surface area contributed by atoms with E-state index in [1.807, 2.05) is 0 Å². The Morgan fingerprint density at radius 1 is 1.33 bits per heavy atom. The fourth-order valence-corrected chi connectivity index (χ4v) is 2.99. The van der Waals surface area contributed by atoms with Crippen molar-refractivity contribution in [3.05, 3.63) is 57.1 Å². The number of allylic oxidation sites excluding steroid dienone is 2. The first-order chi connectivity index (χ1) is 9.77. The molecule has 0 fully saturated rings. The maximum Gasteiger partial charge on any atom is 0.332 e. The van der Waals surface area contributed by atoms with Crippen LogP contribution in [0.4, 0.5) is 0 Å².